The van der Waals surface area contributed by atoms with Crippen LogP contribution in [0.5, 0.6) is 23.0 Å². The Kier molecular flexibility index (Phi) is 9.93. The summed E-state index contributed by atoms with van der Waals surface area (Å²) >= 11 is 0. The SMILES string of the molecule is COc1ccc(/C=C/C(=O)C(CCC(F)(F)F)C(=O)/C=C/c2ccc(OC)c(OC)c2)cc1OC. The van der Waals surface area contributed by atoms with E-state index in [2.05, 4.69) is 0 Å². The molecule has 0 unspecified atom stereocenters. The lowest BCUT2D eigenvalue weighted by Gasteiger charge is -2.13. The number of benzene rings is 2. The van der Waals surface area contributed by atoms with E-state index in [0.29, 0.717) is 34.1 Å². The molecule has 0 aliphatic heterocycles. The lowest BCUT2D eigenvalue weighted by Crippen LogP contribution is -2.23. The van der Waals surface area contributed by atoms with E-state index in [9.17, 15) is 22.8 Å². The smallest absolute Gasteiger partial charge is 0.389 e. The Bertz CT molecular complexity index is 1010. The summed E-state index contributed by atoms with van der Waals surface area (Å²) in [5, 5.41) is 0. The standard InChI is InChI=1S/C26H27F3O6/c1-32-22-11-7-17(15-24(22)34-3)5-9-20(30)19(13-14-26(27,28)29)21(31)10-6-18-8-12-23(33-2)25(16-18)35-4/h5-12,15-16,19H,13-14H2,1-4H3/b9-5+,10-6+. The molecule has 0 fully saturated rings. The molecule has 2 rings (SSSR count). The number of carbonyl (C=O) groups is 2. The van der Waals surface area contributed by atoms with Gasteiger partial charge in [-0.05, 0) is 54.0 Å². The van der Waals surface area contributed by atoms with E-state index in [1.165, 1.54) is 40.6 Å². The molecule has 0 saturated heterocycles. The van der Waals surface area contributed by atoms with Gasteiger partial charge < -0.3 is 18.9 Å². The second kappa shape index (κ2) is 12.6. The minimum absolute atomic E-state index is 0.421. The number of hydrogen-bond acceptors (Lipinski definition) is 6. The van der Waals surface area contributed by atoms with Gasteiger partial charge in [-0.2, -0.15) is 13.2 Å². The van der Waals surface area contributed by atoms with E-state index >= 15 is 0 Å². The zero-order valence-corrected chi connectivity index (χ0v) is 19.8. The third-order valence-corrected chi connectivity index (χ3v) is 5.10. The molecule has 6 nitrogen and oxygen atoms in total. The molecule has 0 radical (unpaired) electrons. The first kappa shape index (κ1) is 27.5. The van der Waals surface area contributed by atoms with Gasteiger partial charge in [0, 0.05) is 6.42 Å². The maximum atomic E-state index is 12.8. The minimum atomic E-state index is -4.50. The number of ketones is 2. The van der Waals surface area contributed by atoms with Crippen molar-refractivity contribution in [2.75, 3.05) is 28.4 Å². The first-order chi connectivity index (χ1) is 16.6. The third kappa shape index (κ3) is 8.20. The van der Waals surface area contributed by atoms with Crippen LogP contribution in [0.2, 0.25) is 0 Å². The number of alkyl halides is 3. The number of hydrogen-bond donors (Lipinski definition) is 0. The van der Waals surface area contributed by atoms with Crippen LogP contribution in [-0.2, 0) is 9.59 Å². The van der Waals surface area contributed by atoms with Crippen LogP contribution in [0.1, 0.15) is 24.0 Å². The Morgan fingerprint density at radius 2 is 1.14 bits per heavy atom. The first-order valence-electron chi connectivity index (χ1n) is 10.6. The van der Waals surface area contributed by atoms with Gasteiger partial charge in [0.2, 0.25) is 0 Å². The molecule has 0 aliphatic rings. The van der Waals surface area contributed by atoms with Crippen LogP contribution in [0.25, 0.3) is 12.2 Å². The van der Waals surface area contributed by atoms with Gasteiger partial charge in [0.05, 0.1) is 34.4 Å². The van der Waals surface area contributed by atoms with Gasteiger partial charge in [0.1, 0.15) is 0 Å². The molecule has 2 aromatic rings. The van der Waals surface area contributed by atoms with Crippen molar-refractivity contribution < 1.29 is 41.7 Å². The quantitative estimate of drug-likeness (QED) is 0.286. The molecule has 0 bridgehead atoms. The summed E-state index contributed by atoms with van der Waals surface area (Å²) in [4.78, 5) is 25.5. The van der Waals surface area contributed by atoms with E-state index in [1.807, 2.05) is 0 Å². The van der Waals surface area contributed by atoms with E-state index in [-0.39, 0.29) is 0 Å². The molecule has 0 N–H and O–H groups in total. The van der Waals surface area contributed by atoms with Crippen LogP contribution in [0.15, 0.2) is 48.6 Å². The van der Waals surface area contributed by atoms with E-state index in [1.54, 1.807) is 36.4 Å². The third-order valence-electron chi connectivity index (χ3n) is 5.10. The minimum Gasteiger partial charge on any atom is -0.493 e. The number of rotatable bonds is 12. The van der Waals surface area contributed by atoms with Crippen LogP contribution in [0.4, 0.5) is 13.2 Å². The van der Waals surface area contributed by atoms with Crippen LogP contribution >= 0.6 is 0 Å². The Morgan fingerprint density at radius 3 is 1.49 bits per heavy atom. The van der Waals surface area contributed by atoms with Gasteiger partial charge in [0.15, 0.2) is 34.6 Å². The molecule has 0 heterocycles. The topological polar surface area (TPSA) is 71.1 Å². The summed E-state index contributed by atoms with van der Waals surface area (Å²) in [6.07, 6.45) is -1.39. The second-order valence-corrected chi connectivity index (χ2v) is 7.41. The van der Waals surface area contributed by atoms with Gasteiger partial charge in [-0.15, -0.1) is 0 Å². The molecule has 0 spiro atoms. The Morgan fingerprint density at radius 1 is 0.743 bits per heavy atom. The fraction of sp³-hybridized carbons (Fsp3) is 0.308. The number of methoxy groups -OCH3 is 4. The summed E-state index contributed by atoms with van der Waals surface area (Å²) in [6, 6.07) is 9.75. The van der Waals surface area contributed by atoms with Crippen molar-refractivity contribution in [3.63, 3.8) is 0 Å². The Hall–Kier alpha value is -3.75. The van der Waals surface area contributed by atoms with E-state index < -0.39 is 36.5 Å². The molecule has 0 aromatic heterocycles. The number of carbonyl (C=O) groups excluding carboxylic acids is 2. The van der Waals surface area contributed by atoms with Crippen LogP contribution in [-0.4, -0.2) is 46.2 Å². The molecular formula is C26H27F3O6. The molecule has 188 valence electrons. The highest BCUT2D eigenvalue weighted by Crippen LogP contribution is 2.30. The summed E-state index contributed by atoms with van der Waals surface area (Å²) < 4.78 is 59.2. The van der Waals surface area contributed by atoms with Gasteiger partial charge in [0.25, 0.3) is 0 Å². The molecular weight excluding hydrogens is 465 g/mol. The van der Waals surface area contributed by atoms with Crippen molar-refractivity contribution >= 4 is 23.7 Å². The number of ether oxygens (including phenoxy) is 4. The lowest BCUT2D eigenvalue weighted by atomic mass is 9.92. The molecule has 35 heavy (non-hydrogen) atoms. The van der Waals surface area contributed by atoms with Gasteiger partial charge in [-0.1, -0.05) is 24.3 Å². The van der Waals surface area contributed by atoms with Gasteiger partial charge >= 0.3 is 6.18 Å². The fourth-order valence-corrected chi connectivity index (χ4v) is 3.23. The van der Waals surface area contributed by atoms with Crippen molar-refractivity contribution in [2.45, 2.75) is 19.0 Å². The molecule has 0 aliphatic carbocycles. The van der Waals surface area contributed by atoms with Crippen molar-refractivity contribution in [3.05, 3.63) is 59.7 Å². The highest BCUT2D eigenvalue weighted by Gasteiger charge is 2.32. The fourth-order valence-electron chi connectivity index (χ4n) is 3.23. The highest BCUT2D eigenvalue weighted by atomic mass is 19.4. The molecule has 0 amide bonds. The van der Waals surface area contributed by atoms with Gasteiger partial charge in [-0.3, -0.25) is 9.59 Å². The largest absolute Gasteiger partial charge is 0.493 e. The van der Waals surface area contributed by atoms with Crippen molar-refractivity contribution in [1.82, 2.24) is 0 Å². The number of halogens is 3. The predicted molar refractivity (Wildman–Crippen MR) is 126 cm³/mol. The maximum absolute atomic E-state index is 12.8. The molecule has 2 aromatic carbocycles. The average Bonchev–Trinajstić information content (AvgIpc) is 2.84. The summed E-state index contributed by atoms with van der Waals surface area (Å²) in [5.41, 5.74) is 1.11. The zero-order valence-electron chi connectivity index (χ0n) is 19.8. The van der Waals surface area contributed by atoms with E-state index in [0.717, 1.165) is 12.2 Å². The van der Waals surface area contributed by atoms with Crippen molar-refractivity contribution in [1.29, 1.82) is 0 Å². The Balaban J connectivity index is 2.25. The maximum Gasteiger partial charge on any atom is 0.389 e. The average molecular weight is 492 g/mol. The Labute approximate surface area is 201 Å². The van der Waals surface area contributed by atoms with Crippen LogP contribution in [0.3, 0.4) is 0 Å². The molecule has 0 atom stereocenters. The lowest BCUT2D eigenvalue weighted by molar-refractivity contribution is -0.142. The first-order valence-corrected chi connectivity index (χ1v) is 10.6. The summed E-state index contributed by atoms with van der Waals surface area (Å²) in [7, 11) is 5.85. The highest BCUT2D eigenvalue weighted by molar-refractivity contribution is 6.13. The monoisotopic (exact) mass is 492 g/mol. The van der Waals surface area contributed by atoms with Gasteiger partial charge in [-0.25, -0.2) is 0 Å². The summed E-state index contributed by atoms with van der Waals surface area (Å²) in [5.74, 6) is -1.14. The van der Waals surface area contributed by atoms with E-state index in [4.69, 9.17) is 18.9 Å². The zero-order chi connectivity index (χ0) is 26.0. The van der Waals surface area contributed by atoms with Crippen molar-refractivity contribution in [3.8, 4) is 23.0 Å². The van der Waals surface area contributed by atoms with Crippen molar-refractivity contribution in [2.24, 2.45) is 5.92 Å². The normalized spacial score (nSPS) is 11.8. The second-order valence-electron chi connectivity index (χ2n) is 7.41. The predicted octanol–water partition coefficient (Wildman–Crippen LogP) is 5.54. The van der Waals surface area contributed by atoms with Crippen LogP contribution in [0, 0.1) is 5.92 Å². The molecule has 0 saturated carbocycles. The summed E-state index contributed by atoms with van der Waals surface area (Å²) in [6.45, 7) is 0. The number of allylic oxidation sites excluding steroid dienone is 2. The van der Waals surface area contributed by atoms with Crippen LogP contribution < -0.4 is 18.9 Å². The molecule has 9 heteroatoms.